The molecule has 0 aromatic rings. The van der Waals surface area contributed by atoms with Gasteiger partial charge in [0.25, 0.3) is 0 Å². The monoisotopic (exact) mass is 499 g/mol. The average molecular weight is 499 g/mol. The second kappa shape index (κ2) is 20.4. The number of unbranched alkanes of at least 4 members (excludes halogenated alkanes) is 14. The summed E-state index contributed by atoms with van der Waals surface area (Å²) in [5, 5.41) is 0. The van der Waals surface area contributed by atoms with Gasteiger partial charge in [0.2, 0.25) is 0 Å². The number of hydrogen-bond donors (Lipinski definition) is 0. The molecular formula is C36H66. The summed E-state index contributed by atoms with van der Waals surface area (Å²) in [6.07, 6.45) is 41.3. The van der Waals surface area contributed by atoms with Crippen molar-refractivity contribution in [2.24, 2.45) is 29.6 Å². The molecule has 0 spiro atoms. The summed E-state index contributed by atoms with van der Waals surface area (Å²) in [5.41, 5.74) is 1.91. The Bertz CT molecular complexity index is 569. The molecule has 0 aromatic carbocycles. The fourth-order valence-electron chi connectivity index (χ4n) is 7.30. The Morgan fingerprint density at radius 1 is 0.500 bits per heavy atom. The lowest BCUT2D eigenvalue weighted by molar-refractivity contribution is 0.242. The minimum atomic E-state index is 0.768. The van der Waals surface area contributed by atoms with Gasteiger partial charge >= 0.3 is 0 Å². The highest BCUT2D eigenvalue weighted by Gasteiger charge is 2.36. The molecule has 0 aliphatic heterocycles. The molecular weight excluding hydrogens is 432 g/mol. The van der Waals surface area contributed by atoms with Gasteiger partial charge in [0.15, 0.2) is 0 Å². The van der Waals surface area contributed by atoms with E-state index in [-0.39, 0.29) is 0 Å². The van der Waals surface area contributed by atoms with Crippen LogP contribution in [-0.4, -0.2) is 0 Å². The Morgan fingerprint density at radius 2 is 1.00 bits per heavy atom. The third-order valence-corrected chi connectivity index (χ3v) is 9.61. The van der Waals surface area contributed by atoms with Crippen LogP contribution in [0.3, 0.4) is 0 Å². The van der Waals surface area contributed by atoms with Gasteiger partial charge in [-0.15, -0.1) is 0 Å². The average Bonchev–Trinajstić information content (AvgIpc) is 2.89. The van der Waals surface area contributed by atoms with Crippen LogP contribution in [0.25, 0.3) is 0 Å². The molecule has 0 amide bonds. The third-order valence-electron chi connectivity index (χ3n) is 9.61. The highest BCUT2D eigenvalue weighted by atomic mass is 14.4. The highest BCUT2D eigenvalue weighted by molar-refractivity contribution is 5.27. The van der Waals surface area contributed by atoms with Crippen LogP contribution in [0.2, 0.25) is 0 Å². The zero-order valence-electron chi connectivity index (χ0n) is 25.4. The summed E-state index contributed by atoms with van der Waals surface area (Å²) in [4.78, 5) is 0. The minimum absolute atomic E-state index is 0.768. The first-order chi connectivity index (χ1) is 17.7. The molecule has 36 heavy (non-hydrogen) atoms. The van der Waals surface area contributed by atoms with Gasteiger partial charge in [-0.25, -0.2) is 0 Å². The summed E-state index contributed by atoms with van der Waals surface area (Å²) in [6, 6.07) is 0. The van der Waals surface area contributed by atoms with Crippen LogP contribution >= 0.6 is 0 Å². The molecule has 2 aliphatic carbocycles. The van der Waals surface area contributed by atoms with Crippen LogP contribution in [0.1, 0.15) is 175 Å². The van der Waals surface area contributed by atoms with Gasteiger partial charge in [0.05, 0.1) is 0 Å². The van der Waals surface area contributed by atoms with Crippen LogP contribution in [-0.2, 0) is 0 Å². The molecule has 0 radical (unpaired) electrons. The molecule has 0 heterocycles. The van der Waals surface area contributed by atoms with Crippen molar-refractivity contribution in [2.45, 2.75) is 175 Å². The van der Waals surface area contributed by atoms with Crippen LogP contribution in [0.4, 0.5) is 0 Å². The first kappa shape index (κ1) is 31.7. The van der Waals surface area contributed by atoms with E-state index >= 15 is 0 Å². The largest absolute Gasteiger partial charge is 0.0842 e. The van der Waals surface area contributed by atoms with Crippen molar-refractivity contribution >= 4 is 0 Å². The normalized spacial score (nSPS) is 25.7. The second-order valence-electron chi connectivity index (χ2n) is 12.7. The van der Waals surface area contributed by atoms with E-state index < -0.39 is 0 Å². The predicted octanol–water partition coefficient (Wildman–Crippen LogP) is 12.6. The Labute approximate surface area is 228 Å². The van der Waals surface area contributed by atoms with E-state index in [1.54, 1.807) is 0 Å². The SMILES string of the molecule is CCCCCCCCC1C=CC2CC(CCCC)C(CCCCCC)C=C2C1CCCCCCCC. The predicted molar refractivity (Wildman–Crippen MR) is 164 cm³/mol. The van der Waals surface area contributed by atoms with Crippen LogP contribution in [0.15, 0.2) is 23.8 Å². The maximum absolute atomic E-state index is 2.90. The molecule has 0 saturated heterocycles. The van der Waals surface area contributed by atoms with E-state index in [1.807, 2.05) is 5.57 Å². The molecule has 2 aliphatic rings. The molecule has 5 atom stereocenters. The van der Waals surface area contributed by atoms with E-state index in [9.17, 15) is 0 Å². The van der Waals surface area contributed by atoms with Crippen molar-refractivity contribution in [1.29, 1.82) is 0 Å². The van der Waals surface area contributed by atoms with Crippen LogP contribution < -0.4 is 0 Å². The molecule has 5 unspecified atom stereocenters. The zero-order chi connectivity index (χ0) is 25.8. The maximum Gasteiger partial charge on any atom is -0.00172 e. The van der Waals surface area contributed by atoms with Crippen molar-refractivity contribution in [3.05, 3.63) is 23.8 Å². The van der Waals surface area contributed by atoms with Crippen LogP contribution in [0, 0.1) is 29.6 Å². The molecule has 0 bridgehead atoms. The lowest BCUT2D eigenvalue weighted by Gasteiger charge is -2.42. The highest BCUT2D eigenvalue weighted by Crippen LogP contribution is 2.48. The molecule has 0 heteroatoms. The molecule has 0 N–H and O–H groups in total. The van der Waals surface area contributed by atoms with Crippen molar-refractivity contribution < 1.29 is 0 Å². The summed E-state index contributed by atoms with van der Waals surface area (Å²) in [6.45, 7) is 9.40. The Kier molecular flexibility index (Phi) is 18.0. The maximum atomic E-state index is 2.90. The Hall–Kier alpha value is -0.520. The van der Waals surface area contributed by atoms with Crippen molar-refractivity contribution in [3.8, 4) is 0 Å². The van der Waals surface area contributed by atoms with Gasteiger partial charge < -0.3 is 0 Å². The molecule has 0 aromatic heterocycles. The van der Waals surface area contributed by atoms with Gasteiger partial charge in [-0.05, 0) is 61.7 Å². The summed E-state index contributed by atoms with van der Waals surface area (Å²) in [7, 11) is 0. The van der Waals surface area contributed by atoms with Gasteiger partial charge in [-0.1, -0.05) is 167 Å². The van der Waals surface area contributed by atoms with E-state index in [2.05, 4.69) is 45.9 Å². The number of rotatable bonds is 22. The van der Waals surface area contributed by atoms with Crippen molar-refractivity contribution in [3.63, 3.8) is 0 Å². The van der Waals surface area contributed by atoms with Gasteiger partial charge in [-0.3, -0.25) is 0 Å². The Morgan fingerprint density at radius 3 is 1.61 bits per heavy atom. The fourth-order valence-corrected chi connectivity index (χ4v) is 7.30. The van der Waals surface area contributed by atoms with E-state index in [4.69, 9.17) is 0 Å². The smallest absolute Gasteiger partial charge is 0.00172 e. The van der Waals surface area contributed by atoms with Gasteiger partial charge in [0.1, 0.15) is 0 Å². The van der Waals surface area contributed by atoms with E-state index in [0.29, 0.717) is 0 Å². The first-order valence-corrected chi connectivity index (χ1v) is 17.1. The quantitative estimate of drug-likeness (QED) is 0.103. The summed E-state index contributed by atoms with van der Waals surface area (Å²) in [5.74, 6) is 4.25. The number of hydrogen-bond acceptors (Lipinski definition) is 0. The first-order valence-electron chi connectivity index (χ1n) is 17.1. The van der Waals surface area contributed by atoms with Gasteiger partial charge in [-0.2, -0.15) is 0 Å². The van der Waals surface area contributed by atoms with Crippen molar-refractivity contribution in [2.75, 3.05) is 0 Å². The van der Waals surface area contributed by atoms with E-state index in [0.717, 1.165) is 29.6 Å². The fraction of sp³-hybridized carbons (Fsp3) is 0.889. The molecule has 0 nitrogen and oxygen atoms in total. The summed E-state index contributed by atoms with van der Waals surface area (Å²) < 4.78 is 0. The third kappa shape index (κ3) is 11.9. The lowest BCUT2D eigenvalue weighted by atomic mass is 9.63. The lowest BCUT2D eigenvalue weighted by Crippen LogP contribution is -2.31. The van der Waals surface area contributed by atoms with E-state index in [1.165, 1.54) is 148 Å². The van der Waals surface area contributed by atoms with Gasteiger partial charge in [0, 0.05) is 0 Å². The number of fused-ring (bicyclic) bond motifs is 1. The second-order valence-corrected chi connectivity index (χ2v) is 12.7. The topological polar surface area (TPSA) is 0 Å². The molecule has 210 valence electrons. The zero-order valence-corrected chi connectivity index (χ0v) is 25.4. The number of allylic oxidation sites excluding steroid dienone is 4. The standard InChI is InChI=1S/C36H66/c1-5-9-13-16-18-21-24-31-27-28-34-29-32(23-12-8-4)33(25-20-15-11-7-3)30-36(34)35(31)26-22-19-17-14-10-6-2/h27-28,30-35H,5-26,29H2,1-4H3. The molecule has 0 saturated carbocycles. The molecule has 2 rings (SSSR count). The Balaban J connectivity index is 2.06. The van der Waals surface area contributed by atoms with Crippen molar-refractivity contribution in [1.82, 2.24) is 0 Å². The minimum Gasteiger partial charge on any atom is -0.0842 e. The molecule has 0 fully saturated rings. The summed E-state index contributed by atoms with van der Waals surface area (Å²) >= 11 is 0. The van der Waals surface area contributed by atoms with Crippen LogP contribution in [0.5, 0.6) is 0 Å².